The molecule has 3 rings (SSSR count). The van der Waals surface area contributed by atoms with Crippen LogP contribution >= 0.6 is 0 Å². The molecule has 0 saturated heterocycles. The molecule has 3 aromatic rings. The van der Waals surface area contributed by atoms with Crippen LogP contribution in [0.15, 0.2) is 78.9 Å². The summed E-state index contributed by atoms with van der Waals surface area (Å²) in [6.07, 6.45) is -4.58. The molecule has 0 fully saturated rings. The quantitative estimate of drug-likeness (QED) is 0.498. The molecule has 0 unspecified atom stereocenters. The minimum absolute atomic E-state index is 0.136. The Bertz CT molecular complexity index is 915. The van der Waals surface area contributed by atoms with E-state index in [1.807, 2.05) is 65.6 Å². The number of hydrogen-bond donors (Lipinski definition) is 0. The molecule has 0 bridgehead atoms. The summed E-state index contributed by atoms with van der Waals surface area (Å²) >= 11 is 0. The van der Waals surface area contributed by atoms with Crippen LogP contribution in [0.4, 0.5) is 18.9 Å². The lowest BCUT2D eigenvalue weighted by molar-refractivity contribution is -0.137. The third-order valence-electron chi connectivity index (χ3n) is 4.46. The van der Waals surface area contributed by atoms with Crippen molar-refractivity contribution in [3.05, 3.63) is 101 Å². The van der Waals surface area contributed by atoms with Gasteiger partial charge in [-0.05, 0) is 29.3 Å². The summed E-state index contributed by atoms with van der Waals surface area (Å²) in [5.41, 5.74) is 1.17. The van der Waals surface area contributed by atoms with Gasteiger partial charge in [-0.1, -0.05) is 60.7 Å². The Balaban J connectivity index is 2.06. The van der Waals surface area contributed by atoms with Crippen LogP contribution in [-0.4, -0.2) is 13.1 Å². The largest absolute Gasteiger partial charge is 0.465 e. The van der Waals surface area contributed by atoms with E-state index in [-0.39, 0.29) is 5.56 Å². The Labute approximate surface area is 167 Å². The van der Waals surface area contributed by atoms with Crippen LogP contribution in [0.25, 0.3) is 0 Å². The second-order valence-electron chi connectivity index (χ2n) is 6.59. The van der Waals surface area contributed by atoms with Crippen molar-refractivity contribution in [2.45, 2.75) is 19.3 Å². The Morgan fingerprint density at radius 2 is 1.38 bits per heavy atom. The van der Waals surface area contributed by atoms with Crippen molar-refractivity contribution < 1.29 is 22.7 Å². The molecular formula is C23H20F3NO2. The Hall–Kier alpha value is -3.28. The molecule has 0 aliphatic heterocycles. The zero-order chi connectivity index (χ0) is 20.9. The second kappa shape index (κ2) is 8.82. The number of carbonyl (C=O) groups excluding carboxylic acids is 1. The van der Waals surface area contributed by atoms with Gasteiger partial charge in [-0.3, -0.25) is 0 Å². The highest BCUT2D eigenvalue weighted by Crippen LogP contribution is 2.34. The van der Waals surface area contributed by atoms with E-state index in [0.29, 0.717) is 18.8 Å². The van der Waals surface area contributed by atoms with E-state index in [0.717, 1.165) is 30.4 Å². The molecule has 0 heterocycles. The van der Waals surface area contributed by atoms with Gasteiger partial charge in [0.2, 0.25) is 0 Å². The molecule has 0 aromatic heterocycles. The smallest absolute Gasteiger partial charge is 0.416 e. The summed E-state index contributed by atoms with van der Waals surface area (Å²) in [4.78, 5) is 13.8. The van der Waals surface area contributed by atoms with Crippen LogP contribution in [0.1, 0.15) is 27.0 Å². The SMILES string of the molecule is COC(=O)c1cc(N(Cc2ccccc2)Cc2ccccc2)cc(C(F)(F)F)c1. The molecule has 0 aliphatic rings. The number of benzene rings is 3. The van der Waals surface area contributed by atoms with Crippen molar-refractivity contribution in [1.29, 1.82) is 0 Å². The summed E-state index contributed by atoms with van der Waals surface area (Å²) in [5.74, 6) is -0.809. The Morgan fingerprint density at radius 3 is 1.83 bits per heavy atom. The summed E-state index contributed by atoms with van der Waals surface area (Å²) in [6.45, 7) is 0.773. The average molecular weight is 399 g/mol. The van der Waals surface area contributed by atoms with Gasteiger partial charge in [-0.15, -0.1) is 0 Å². The number of nitrogens with zero attached hydrogens (tertiary/aromatic N) is 1. The van der Waals surface area contributed by atoms with Crippen LogP contribution in [0.5, 0.6) is 0 Å². The standard InChI is InChI=1S/C23H20F3NO2/c1-29-22(28)19-12-20(23(24,25)26)14-21(13-19)27(15-17-8-4-2-5-9-17)16-18-10-6-3-7-11-18/h2-14H,15-16H2,1H3. The van der Waals surface area contributed by atoms with Crippen molar-refractivity contribution in [1.82, 2.24) is 0 Å². The first-order valence-electron chi connectivity index (χ1n) is 9.00. The van der Waals surface area contributed by atoms with Gasteiger partial charge in [0.1, 0.15) is 0 Å². The Morgan fingerprint density at radius 1 is 0.862 bits per heavy atom. The third kappa shape index (κ3) is 5.38. The van der Waals surface area contributed by atoms with E-state index >= 15 is 0 Å². The van der Waals surface area contributed by atoms with Gasteiger partial charge >= 0.3 is 12.1 Å². The minimum Gasteiger partial charge on any atom is -0.465 e. The number of alkyl halides is 3. The molecule has 0 amide bonds. The monoisotopic (exact) mass is 399 g/mol. The van der Waals surface area contributed by atoms with E-state index in [1.54, 1.807) is 0 Å². The molecule has 29 heavy (non-hydrogen) atoms. The number of methoxy groups -OCH3 is 1. The molecule has 0 spiro atoms. The van der Waals surface area contributed by atoms with Gasteiger partial charge < -0.3 is 9.64 Å². The van der Waals surface area contributed by atoms with Crippen LogP contribution in [-0.2, 0) is 24.0 Å². The fourth-order valence-electron chi connectivity index (χ4n) is 3.04. The van der Waals surface area contributed by atoms with Crippen LogP contribution in [0, 0.1) is 0 Å². The highest BCUT2D eigenvalue weighted by Gasteiger charge is 2.32. The van der Waals surface area contributed by atoms with Crippen molar-refractivity contribution in [3.63, 3.8) is 0 Å². The molecule has 0 saturated carbocycles. The number of anilines is 1. The fourth-order valence-corrected chi connectivity index (χ4v) is 3.04. The van der Waals surface area contributed by atoms with Gasteiger partial charge in [0, 0.05) is 18.8 Å². The van der Waals surface area contributed by atoms with E-state index < -0.39 is 17.7 Å². The molecule has 0 atom stereocenters. The number of rotatable bonds is 6. The maximum absolute atomic E-state index is 13.5. The van der Waals surface area contributed by atoms with Crippen molar-refractivity contribution in [2.24, 2.45) is 0 Å². The van der Waals surface area contributed by atoms with Gasteiger partial charge in [-0.2, -0.15) is 13.2 Å². The topological polar surface area (TPSA) is 29.5 Å². The van der Waals surface area contributed by atoms with E-state index in [2.05, 4.69) is 4.74 Å². The zero-order valence-corrected chi connectivity index (χ0v) is 15.8. The number of hydrogen-bond acceptors (Lipinski definition) is 3. The lowest BCUT2D eigenvalue weighted by Crippen LogP contribution is -2.23. The summed E-state index contributed by atoms with van der Waals surface area (Å²) < 4.78 is 45.0. The van der Waals surface area contributed by atoms with Crippen LogP contribution in [0.2, 0.25) is 0 Å². The first kappa shape index (κ1) is 20.5. The first-order chi connectivity index (χ1) is 13.9. The minimum atomic E-state index is -4.58. The molecular weight excluding hydrogens is 379 g/mol. The zero-order valence-electron chi connectivity index (χ0n) is 15.8. The van der Waals surface area contributed by atoms with Crippen molar-refractivity contribution in [3.8, 4) is 0 Å². The molecule has 3 nitrogen and oxygen atoms in total. The average Bonchev–Trinajstić information content (AvgIpc) is 2.73. The van der Waals surface area contributed by atoms with E-state index in [1.165, 1.54) is 6.07 Å². The molecule has 3 aromatic carbocycles. The number of esters is 1. The van der Waals surface area contributed by atoms with Crippen molar-refractivity contribution in [2.75, 3.05) is 12.0 Å². The van der Waals surface area contributed by atoms with E-state index in [4.69, 9.17) is 0 Å². The molecule has 6 heteroatoms. The number of halogens is 3. The molecule has 0 radical (unpaired) electrons. The maximum atomic E-state index is 13.5. The number of ether oxygens (including phenoxy) is 1. The first-order valence-corrected chi connectivity index (χ1v) is 9.00. The summed E-state index contributed by atoms with van der Waals surface area (Å²) in [5, 5.41) is 0. The fraction of sp³-hybridized carbons (Fsp3) is 0.174. The molecule has 150 valence electrons. The molecule has 0 aliphatic carbocycles. The third-order valence-corrected chi connectivity index (χ3v) is 4.46. The Kier molecular flexibility index (Phi) is 6.22. The lowest BCUT2D eigenvalue weighted by Gasteiger charge is -2.26. The van der Waals surface area contributed by atoms with Crippen LogP contribution < -0.4 is 4.90 Å². The molecule has 0 N–H and O–H groups in total. The van der Waals surface area contributed by atoms with Crippen LogP contribution in [0.3, 0.4) is 0 Å². The predicted molar refractivity (Wildman–Crippen MR) is 106 cm³/mol. The lowest BCUT2D eigenvalue weighted by atomic mass is 10.1. The maximum Gasteiger partial charge on any atom is 0.416 e. The summed E-state index contributed by atoms with van der Waals surface area (Å²) in [7, 11) is 1.15. The summed E-state index contributed by atoms with van der Waals surface area (Å²) in [6, 6.07) is 22.2. The number of carbonyl (C=O) groups is 1. The predicted octanol–water partition coefficient (Wildman–Crippen LogP) is 5.70. The highest BCUT2D eigenvalue weighted by molar-refractivity contribution is 5.91. The van der Waals surface area contributed by atoms with Gasteiger partial charge in [0.25, 0.3) is 0 Å². The van der Waals surface area contributed by atoms with Gasteiger partial charge in [0.05, 0.1) is 18.2 Å². The van der Waals surface area contributed by atoms with E-state index in [9.17, 15) is 18.0 Å². The normalized spacial score (nSPS) is 11.2. The van der Waals surface area contributed by atoms with Crippen molar-refractivity contribution >= 4 is 11.7 Å². The van der Waals surface area contributed by atoms with Gasteiger partial charge in [0.15, 0.2) is 0 Å². The van der Waals surface area contributed by atoms with Gasteiger partial charge in [-0.25, -0.2) is 4.79 Å². The highest BCUT2D eigenvalue weighted by atomic mass is 19.4. The second-order valence-corrected chi connectivity index (χ2v) is 6.59.